The molecule has 0 unspecified atom stereocenters. The fourth-order valence-corrected chi connectivity index (χ4v) is 4.28. The molecule has 2 aromatic rings. The highest BCUT2D eigenvalue weighted by atomic mass is 32.1. The molecule has 2 fully saturated rings. The molecule has 3 heterocycles. The van der Waals surface area contributed by atoms with Gasteiger partial charge in [-0.2, -0.15) is 5.10 Å². The Labute approximate surface area is 140 Å². The summed E-state index contributed by atoms with van der Waals surface area (Å²) in [5, 5.41) is 10.6. The van der Waals surface area contributed by atoms with Gasteiger partial charge in [0.25, 0.3) is 5.91 Å². The molecule has 0 aromatic carbocycles. The molecule has 0 radical (unpaired) electrons. The minimum atomic E-state index is 0.0603. The Balaban J connectivity index is 1.46. The number of nitrogens with zero attached hydrogens (tertiary/aromatic N) is 3. The lowest BCUT2D eigenvalue weighted by Crippen LogP contribution is -2.39. The maximum atomic E-state index is 12.7. The van der Waals surface area contributed by atoms with E-state index in [4.69, 9.17) is 4.98 Å². The van der Waals surface area contributed by atoms with Gasteiger partial charge in [-0.15, -0.1) is 11.3 Å². The maximum Gasteiger partial charge on any atom is 0.274 e. The first-order valence-corrected chi connectivity index (χ1v) is 9.41. The highest BCUT2D eigenvalue weighted by Crippen LogP contribution is 2.39. The molecular weight excluding hydrogens is 308 g/mol. The second-order valence-corrected chi connectivity index (χ2v) is 7.49. The van der Waals surface area contributed by atoms with Crippen molar-refractivity contribution in [3.05, 3.63) is 33.5 Å². The third-order valence-corrected chi connectivity index (χ3v) is 5.88. The molecule has 2 aromatic heterocycles. The predicted octanol–water partition coefficient (Wildman–Crippen LogP) is 3.33. The number of amides is 1. The van der Waals surface area contributed by atoms with Gasteiger partial charge in [0.2, 0.25) is 0 Å². The third kappa shape index (κ3) is 3.04. The molecule has 1 saturated heterocycles. The van der Waals surface area contributed by atoms with Crippen molar-refractivity contribution in [2.75, 3.05) is 13.1 Å². The molecule has 5 nitrogen and oxygen atoms in total. The Bertz CT molecular complexity index is 703. The summed E-state index contributed by atoms with van der Waals surface area (Å²) < 4.78 is 0. The summed E-state index contributed by atoms with van der Waals surface area (Å²) in [7, 11) is 0. The topological polar surface area (TPSA) is 61.9 Å². The summed E-state index contributed by atoms with van der Waals surface area (Å²) in [4.78, 5) is 19.4. The number of thiazole rings is 1. The van der Waals surface area contributed by atoms with Gasteiger partial charge < -0.3 is 4.90 Å². The van der Waals surface area contributed by atoms with E-state index in [1.807, 2.05) is 11.0 Å². The van der Waals surface area contributed by atoms with E-state index in [-0.39, 0.29) is 5.91 Å². The van der Waals surface area contributed by atoms with Crippen molar-refractivity contribution in [1.29, 1.82) is 0 Å². The second kappa shape index (κ2) is 6.07. The van der Waals surface area contributed by atoms with Crippen LogP contribution >= 0.6 is 11.3 Å². The minimum absolute atomic E-state index is 0.0603. The zero-order chi connectivity index (χ0) is 15.8. The molecule has 1 saturated carbocycles. The van der Waals surface area contributed by atoms with Crippen LogP contribution in [0.3, 0.4) is 0 Å². The van der Waals surface area contributed by atoms with E-state index in [0.717, 1.165) is 43.7 Å². The molecule has 1 aliphatic heterocycles. The number of hydrogen-bond acceptors (Lipinski definition) is 4. The monoisotopic (exact) mass is 330 g/mol. The Morgan fingerprint density at radius 1 is 1.39 bits per heavy atom. The van der Waals surface area contributed by atoms with Crippen molar-refractivity contribution < 1.29 is 4.79 Å². The van der Waals surface area contributed by atoms with Crippen LogP contribution in [-0.2, 0) is 6.42 Å². The lowest BCUT2D eigenvalue weighted by molar-refractivity contribution is 0.0701. The molecule has 23 heavy (non-hydrogen) atoms. The van der Waals surface area contributed by atoms with Crippen LogP contribution in [0, 0.1) is 0 Å². The summed E-state index contributed by atoms with van der Waals surface area (Å²) in [6.45, 7) is 3.72. The molecule has 1 N–H and O–H groups in total. The van der Waals surface area contributed by atoms with Crippen molar-refractivity contribution in [2.24, 2.45) is 0 Å². The number of carbonyl (C=O) groups is 1. The maximum absolute atomic E-state index is 12.7. The second-order valence-electron chi connectivity index (χ2n) is 6.60. The van der Waals surface area contributed by atoms with Gasteiger partial charge in [0, 0.05) is 36.0 Å². The fraction of sp³-hybridized carbons (Fsp3) is 0.588. The van der Waals surface area contributed by atoms with Crippen LogP contribution in [-0.4, -0.2) is 39.1 Å². The van der Waals surface area contributed by atoms with Crippen LogP contribution in [0.2, 0.25) is 0 Å². The number of likely N-dealkylation sites (tertiary alicyclic amines) is 1. The van der Waals surface area contributed by atoms with E-state index >= 15 is 0 Å². The number of nitrogens with one attached hydrogen (secondary N) is 1. The van der Waals surface area contributed by atoms with Crippen LogP contribution in [0.4, 0.5) is 0 Å². The number of aryl methyl sites for hydroxylation is 1. The number of aromatic amines is 1. The van der Waals surface area contributed by atoms with Gasteiger partial charge in [-0.05, 0) is 38.2 Å². The first-order valence-electron chi connectivity index (χ1n) is 8.53. The number of aromatic nitrogens is 3. The van der Waals surface area contributed by atoms with Crippen LogP contribution < -0.4 is 0 Å². The molecule has 1 aliphatic carbocycles. The Hall–Kier alpha value is -1.69. The largest absolute Gasteiger partial charge is 0.337 e. The van der Waals surface area contributed by atoms with Gasteiger partial charge in [0.15, 0.2) is 0 Å². The first kappa shape index (κ1) is 14.9. The number of H-pyrrole nitrogens is 1. The highest BCUT2D eigenvalue weighted by molar-refractivity contribution is 7.09. The van der Waals surface area contributed by atoms with E-state index in [2.05, 4.69) is 22.5 Å². The normalized spacial score (nSPS) is 21.6. The average Bonchev–Trinajstić information content (AvgIpc) is 3.14. The van der Waals surface area contributed by atoms with E-state index in [1.54, 1.807) is 11.3 Å². The number of hydrogen-bond donors (Lipinski definition) is 1. The number of rotatable bonds is 4. The molecule has 1 atom stereocenters. The Morgan fingerprint density at radius 2 is 2.26 bits per heavy atom. The third-order valence-electron chi connectivity index (χ3n) is 4.82. The minimum Gasteiger partial charge on any atom is -0.337 e. The van der Waals surface area contributed by atoms with Crippen LogP contribution in [0.5, 0.6) is 0 Å². The SMILES string of the molecule is CCc1csc([C@@H]2CCCN(C(=O)c3cc(C4CC4)[nH]n3)C2)n1. The molecule has 122 valence electrons. The molecule has 6 heteroatoms. The zero-order valence-electron chi connectivity index (χ0n) is 13.4. The lowest BCUT2D eigenvalue weighted by atomic mass is 9.98. The Morgan fingerprint density at radius 3 is 3.00 bits per heavy atom. The standard InChI is InChI=1S/C17H22N4OS/c1-2-13-10-23-16(18-13)12-4-3-7-21(9-12)17(22)15-8-14(19-20-15)11-5-6-11/h8,10-12H,2-7,9H2,1H3,(H,19,20)/t12-/m1/s1. The first-order chi connectivity index (χ1) is 11.2. The number of carbonyl (C=O) groups excluding carboxylic acids is 1. The lowest BCUT2D eigenvalue weighted by Gasteiger charge is -2.31. The van der Waals surface area contributed by atoms with E-state index < -0.39 is 0 Å². The summed E-state index contributed by atoms with van der Waals surface area (Å²) in [5.74, 6) is 1.03. The smallest absolute Gasteiger partial charge is 0.274 e. The van der Waals surface area contributed by atoms with Crippen molar-refractivity contribution in [1.82, 2.24) is 20.1 Å². The van der Waals surface area contributed by atoms with E-state index in [0.29, 0.717) is 17.5 Å². The van der Waals surface area contributed by atoms with Crippen molar-refractivity contribution in [3.8, 4) is 0 Å². The van der Waals surface area contributed by atoms with Crippen LogP contribution in [0.1, 0.15) is 71.3 Å². The van der Waals surface area contributed by atoms with Crippen molar-refractivity contribution in [3.63, 3.8) is 0 Å². The molecule has 0 spiro atoms. The predicted molar refractivity (Wildman–Crippen MR) is 89.9 cm³/mol. The van der Waals surface area contributed by atoms with Gasteiger partial charge in [-0.1, -0.05) is 6.92 Å². The zero-order valence-corrected chi connectivity index (χ0v) is 14.2. The van der Waals surface area contributed by atoms with Gasteiger partial charge in [0.1, 0.15) is 5.69 Å². The molecule has 4 rings (SSSR count). The summed E-state index contributed by atoms with van der Waals surface area (Å²) in [5.41, 5.74) is 2.85. The molecular formula is C17H22N4OS. The van der Waals surface area contributed by atoms with Gasteiger partial charge in [-0.25, -0.2) is 4.98 Å². The number of piperidine rings is 1. The van der Waals surface area contributed by atoms with Crippen molar-refractivity contribution in [2.45, 2.75) is 50.9 Å². The van der Waals surface area contributed by atoms with Gasteiger partial charge in [0.05, 0.1) is 10.7 Å². The molecule has 1 amide bonds. The fourth-order valence-electron chi connectivity index (χ4n) is 3.25. The van der Waals surface area contributed by atoms with Crippen LogP contribution in [0.25, 0.3) is 0 Å². The summed E-state index contributed by atoms with van der Waals surface area (Å²) in [6.07, 6.45) is 5.56. The molecule has 2 aliphatic rings. The Kier molecular flexibility index (Phi) is 3.93. The summed E-state index contributed by atoms with van der Waals surface area (Å²) in [6, 6.07) is 1.95. The van der Waals surface area contributed by atoms with E-state index in [1.165, 1.54) is 17.8 Å². The van der Waals surface area contributed by atoms with E-state index in [9.17, 15) is 4.79 Å². The van der Waals surface area contributed by atoms with Crippen molar-refractivity contribution >= 4 is 17.2 Å². The molecule has 0 bridgehead atoms. The quantitative estimate of drug-likeness (QED) is 0.935. The van der Waals surface area contributed by atoms with Gasteiger partial charge in [-0.3, -0.25) is 9.89 Å². The average molecular weight is 330 g/mol. The highest BCUT2D eigenvalue weighted by Gasteiger charge is 2.30. The van der Waals surface area contributed by atoms with Crippen LogP contribution in [0.15, 0.2) is 11.4 Å². The van der Waals surface area contributed by atoms with Gasteiger partial charge >= 0.3 is 0 Å². The summed E-state index contributed by atoms with van der Waals surface area (Å²) >= 11 is 1.74.